The molecule has 31 heavy (non-hydrogen) atoms. The Labute approximate surface area is 187 Å². The molecule has 2 aromatic rings. The van der Waals surface area contributed by atoms with E-state index in [0.717, 1.165) is 31.0 Å². The Morgan fingerprint density at radius 2 is 2.13 bits per heavy atom. The van der Waals surface area contributed by atoms with Gasteiger partial charge in [-0.1, -0.05) is 31.0 Å². The van der Waals surface area contributed by atoms with Crippen molar-refractivity contribution in [3.8, 4) is 6.07 Å². The van der Waals surface area contributed by atoms with Crippen molar-refractivity contribution in [2.24, 2.45) is 0 Å². The second-order valence-corrected chi connectivity index (χ2v) is 9.32. The average Bonchev–Trinajstić information content (AvgIpc) is 3.17. The van der Waals surface area contributed by atoms with Gasteiger partial charge >= 0.3 is 5.97 Å². The van der Waals surface area contributed by atoms with Crippen molar-refractivity contribution in [3.63, 3.8) is 0 Å². The lowest BCUT2D eigenvalue weighted by Crippen LogP contribution is -2.50. The molecule has 9 nitrogen and oxygen atoms in total. The van der Waals surface area contributed by atoms with Gasteiger partial charge in [0.25, 0.3) is 11.6 Å². The molecule has 1 heterocycles. The topological polar surface area (TPSA) is 135 Å². The molecule has 0 bridgehead atoms. The molecule has 0 spiro atoms. The molecule has 11 heteroatoms. The van der Waals surface area contributed by atoms with E-state index in [9.17, 15) is 25.0 Å². The maximum Gasteiger partial charge on any atom is 0.340 e. The van der Waals surface area contributed by atoms with Gasteiger partial charge < -0.3 is 10.1 Å². The Bertz CT molecular complexity index is 1040. The summed E-state index contributed by atoms with van der Waals surface area (Å²) in [7, 11) is 0. The van der Waals surface area contributed by atoms with Crippen LogP contribution in [-0.2, 0) is 9.53 Å². The molecule has 0 radical (unpaired) electrons. The number of hydrogen-bond acceptors (Lipinski definition) is 9. The normalized spacial score (nSPS) is 15.0. The van der Waals surface area contributed by atoms with Gasteiger partial charge in [0.2, 0.25) is 0 Å². The van der Waals surface area contributed by atoms with Gasteiger partial charge in [0, 0.05) is 28.1 Å². The lowest BCUT2D eigenvalue weighted by Gasteiger charge is -2.31. The third-order valence-corrected chi connectivity index (χ3v) is 6.96. The molecule has 162 valence electrons. The minimum absolute atomic E-state index is 0.0208. The summed E-state index contributed by atoms with van der Waals surface area (Å²) < 4.78 is 5.80. The number of nitrogens with zero attached hydrogens (tertiary/aromatic N) is 3. The zero-order valence-electron chi connectivity index (χ0n) is 16.8. The molecule has 1 aromatic heterocycles. The first kappa shape index (κ1) is 22.7. The second-order valence-electron chi connectivity index (χ2n) is 7.17. The van der Waals surface area contributed by atoms with Crippen LogP contribution in [0.15, 0.2) is 32.8 Å². The largest absolute Gasteiger partial charge is 0.452 e. The van der Waals surface area contributed by atoms with Crippen LogP contribution in [-0.4, -0.2) is 33.9 Å². The number of thiazole rings is 1. The van der Waals surface area contributed by atoms with Crippen molar-refractivity contribution < 1.29 is 19.2 Å². The van der Waals surface area contributed by atoms with Gasteiger partial charge in [-0.05, 0) is 25.8 Å². The number of nitro groups is 1. The summed E-state index contributed by atoms with van der Waals surface area (Å²) in [5.74, 6) is -1.43. The second kappa shape index (κ2) is 9.89. The molecule has 0 saturated heterocycles. The van der Waals surface area contributed by atoms with Crippen LogP contribution in [0, 0.1) is 28.4 Å². The van der Waals surface area contributed by atoms with Gasteiger partial charge in [0.15, 0.2) is 10.9 Å². The number of aryl methyl sites for hydroxylation is 1. The van der Waals surface area contributed by atoms with Crippen molar-refractivity contribution in [1.29, 1.82) is 5.26 Å². The predicted molar refractivity (Wildman–Crippen MR) is 114 cm³/mol. The Kier molecular flexibility index (Phi) is 7.25. The Morgan fingerprint density at radius 1 is 1.39 bits per heavy atom. The van der Waals surface area contributed by atoms with Crippen molar-refractivity contribution in [3.05, 3.63) is 45.0 Å². The van der Waals surface area contributed by atoms with E-state index in [-0.39, 0.29) is 11.3 Å². The zero-order chi connectivity index (χ0) is 22.4. The highest BCUT2D eigenvalue weighted by Gasteiger charge is 2.33. The third kappa shape index (κ3) is 5.80. The molecule has 0 aliphatic heterocycles. The van der Waals surface area contributed by atoms with Gasteiger partial charge in [-0.2, -0.15) is 5.26 Å². The van der Waals surface area contributed by atoms with Crippen LogP contribution in [0.3, 0.4) is 0 Å². The first-order chi connectivity index (χ1) is 14.8. The first-order valence-electron chi connectivity index (χ1n) is 9.60. The van der Waals surface area contributed by atoms with E-state index in [2.05, 4.69) is 16.4 Å². The van der Waals surface area contributed by atoms with E-state index >= 15 is 0 Å². The number of hydrogen-bond donors (Lipinski definition) is 1. The molecule has 1 aromatic carbocycles. The zero-order valence-corrected chi connectivity index (χ0v) is 18.4. The lowest BCUT2D eigenvalue weighted by molar-refractivity contribution is -0.384. The van der Waals surface area contributed by atoms with E-state index in [0.29, 0.717) is 22.1 Å². The number of esters is 1. The minimum Gasteiger partial charge on any atom is -0.452 e. The number of non-ortho nitro benzene ring substituents is 1. The number of ether oxygens (including phenoxy) is 1. The van der Waals surface area contributed by atoms with Gasteiger partial charge in [0.1, 0.15) is 5.54 Å². The number of carbonyl (C=O) groups is 2. The van der Waals surface area contributed by atoms with Crippen LogP contribution in [0.5, 0.6) is 0 Å². The fraction of sp³-hybridized carbons (Fsp3) is 0.400. The van der Waals surface area contributed by atoms with E-state index in [1.165, 1.54) is 35.2 Å². The van der Waals surface area contributed by atoms with Crippen LogP contribution < -0.4 is 5.32 Å². The molecule has 3 rings (SSSR count). The molecule has 1 fully saturated rings. The number of nitriles is 1. The maximum atomic E-state index is 12.7. The van der Waals surface area contributed by atoms with Crippen LogP contribution in [0.4, 0.5) is 5.69 Å². The van der Waals surface area contributed by atoms with Crippen LogP contribution in [0.1, 0.15) is 48.2 Å². The fourth-order valence-corrected chi connectivity index (χ4v) is 5.18. The summed E-state index contributed by atoms with van der Waals surface area (Å²) >= 11 is 2.58. The van der Waals surface area contributed by atoms with E-state index < -0.39 is 28.9 Å². The third-order valence-electron chi connectivity index (χ3n) is 4.82. The van der Waals surface area contributed by atoms with E-state index in [4.69, 9.17) is 4.74 Å². The average molecular weight is 461 g/mol. The number of rotatable bonds is 7. The van der Waals surface area contributed by atoms with Crippen molar-refractivity contribution in [2.45, 2.75) is 53.8 Å². The van der Waals surface area contributed by atoms with Crippen molar-refractivity contribution >= 4 is 40.7 Å². The quantitative estimate of drug-likeness (QED) is 0.372. The lowest BCUT2D eigenvalue weighted by atomic mass is 9.83. The van der Waals surface area contributed by atoms with E-state index in [1.807, 2.05) is 12.3 Å². The number of nitro benzene ring substituents is 1. The van der Waals surface area contributed by atoms with Crippen molar-refractivity contribution in [2.75, 3.05) is 6.61 Å². The molecular formula is C20H20N4O5S2. The highest BCUT2D eigenvalue weighted by Crippen LogP contribution is 2.34. The Balaban J connectivity index is 1.71. The summed E-state index contributed by atoms with van der Waals surface area (Å²) in [4.78, 5) is 40.3. The van der Waals surface area contributed by atoms with Crippen molar-refractivity contribution in [1.82, 2.24) is 10.3 Å². The first-order valence-corrected chi connectivity index (χ1v) is 11.3. The number of benzene rings is 1. The van der Waals surface area contributed by atoms with Gasteiger partial charge in [0.05, 0.1) is 16.6 Å². The highest BCUT2D eigenvalue weighted by atomic mass is 32.2. The number of carbonyl (C=O) groups excluding carboxylic acids is 2. The molecule has 0 atom stereocenters. The molecule has 1 amide bonds. The predicted octanol–water partition coefficient (Wildman–Crippen LogP) is 4.01. The standard InChI is InChI=1S/C20H20N4O5S2/c1-13-11-30-19(22-13)31-16-6-5-14(24(27)28)9-15(16)18(26)29-10-17(25)23-20(12-21)7-3-2-4-8-20/h5-6,9,11H,2-4,7-8,10H2,1H3,(H,23,25). The maximum absolute atomic E-state index is 12.7. The van der Waals surface area contributed by atoms with Crippen LogP contribution >= 0.6 is 23.1 Å². The Morgan fingerprint density at radius 3 is 2.74 bits per heavy atom. The molecule has 1 aliphatic carbocycles. The number of nitrogens with one attached hydrogen (secondary N) is 1. The smallest absolute Gasteiger partial charge is 0.340 e. The van der Waals surface area contributed by atoms with Crippen LogP contribution in [0.25, 0.3) is 0 Å². The minimum atomic E-state index is -0.934. The van der Waals surface area contributed by atoms with Crippen LogP contribution in [0.2, 0.25) is 0 Å². The Hall–Kier alpha value is -2.97. The summed E-state index contributed by atoms with van der Waals surface area (Å²) in [5, 5.41) is 25.1. The summed E-state index contributed by atoms with van der Waals surface area (Å²) in [6, 6.07) is 6.05. The molecule has 0 unspecified atom stereocenters. The molecule has 1 N–H and O–H groups in total. The van der Waals surface area contributed by atoms with Gasteiger partial charge in [-0.25, -0.2) is 9.78 Å². The van der Waals surface area contributed by atoms with Gasteiger partial charge in [-0.3, -0.25) is 14.9 Å². The molecule has 1 aliphatic rings. The SMILES string of the molecule is Cc1csc(Sc2ccc([N+](=O)[O-])cc2C(=O)OCC(=O)NC2(C#N)CCCCC2)n1. The van der Waals surface area contributed by atoms with E-state index in [1.54, 1.807) is 0 Å². The molecular weight excluding hydrogens is 440 g/mol. The molecule has 1 saturated carbocycles. The number of aromatic nitrogens is 1. The summed E-state index contributed by atoms with van der Waals surface area (Å²) in [6.07, 6.45) is 3.82. The monoisotopic (exact) mass is 460 g/mol. The number of amides is 1. The fourth-order valence-electron chi connectivity index (χ4n) is 3.29. The summed E-state index contributed by atoms with van der Waals surface area (Å²) in [5.41, 5.74) is -0.393. The highest BCUT2D eigenvalue weighted by molar-refractivity contribution is 8.01. The summed E-state index contributed by atoms with van der Waals surface area (Å²) in [6.45, 7) is 1.26. The van der Waals surface area contributed by atoms with Gasteiger partial charge in [-0.15, -0.1) is 11.3 Å².